The monoisotopic (exact) mass is 416 g/mol. The van der Waals surface area contributed by atoms with Crippen LogP contribution < -0.4 is 10.6 Å². The molecule has 0 aliphatic rings. The average Bonchev–Trinajstić information content (AvgIpc) is 3.43. The van der Waals surface area contributed by atoms with Crippen molar-refractivity contribution in [1.82, 2.24) is 10.6 Å². The van der Waals surface area contributed by atoms with Gasteiger partial charge < -0.3 is 19.5 Å². The molecule has 0 saturated heterocycles. The Morgan fingerprint density at radius 3 is 2.21 bits per heavy atom. The number of carbonyl (C=O) groups excluding carboxylic acids is 2. The van der Waals surface area contributed by atoms with Crippen LogP contribution in [0, 0.1) is 0 Å². The highest BCUT2D eigenvalue weighted by molar-refractivity contribution is 7.91. The maximum Gasteiger partial charge on any atom is 0.309 e. The molecule has 152 valence electrons. The maximum absolute atomic E-state index is 13.0. The number of amides is 2. The summed E-state index contributed by atoms with van der Waals surface area (Å²) >= 11 is 0. The lowest BCUT2D eigenvalue weighted by atomic mass is 10.3. The standard InChI is InChI=1S/C20H20N2O6S/c23-19(21-11-10-15-6-4-12-27-15)20(24)22-14-18(17-9-5-13-28-17)29(25,26)16-7-2-1-3-8-16/h1-9,12-13,18H,10-11,14H2,(H,21,23)(H,22,24)/t18-/m1/s1. The van der Waals surface area contributed by atoms with Crippen LogP contribution in [0.3, 0.4) is 0 Å². The van der Waals surface area contributed by atoms with Crippen LogP contribution in [0.1, 0.15) is 16.8 Å². The van der Waals surface area contributed by atoms with E-state index in [1.165, 1.54) is 30.7 Å². The van der Waals surface area contributed by atoms with Crippen LogP contribution in [0.15, 0.2) is 80.9 Å². The van der Waals surface area contributed by atoms with Gasteiger partial charge in [0.05, 0.1) is 17.4 Å². The number of rotatable bonds is 8. The lowest BCUT2D eigenvalue weighted by molar-refractivity contribution is -0.139. The third kappa shape index (κ3) is 5.14. The van der Waals surface area contributed by atoms with Gasteiger partial charge in [-0.05, 0) is 36.4 Å². The Kier molecular flexibility index (Phi) is 6.50. The van der Waals surface area contributed by atoms with E-state index in [-0.39, 0.29) is 23.7 Å². The summed E-state index contributed by atoms with van der Waals surface area (Å²) in [5, 5.41) is 3.68. The zero-order chi connectivity index (χ0) is 20.7. The van der Waals surface area contributed by atoms with Gasteiger partial charge in [-0.25, -0.2) is 8.42 Å². The van der Waals surface area contributed by atoms with E-state index in [2.05, 4.69) is 10.6 Å². The molecule has 0 aliphatic heterocycles. The second-order valence-corrected chi connectivity index (χ2v) is 8.29. The molecule has 8 nitrogen and oxygen atoms in total. The Bertz CT molecular complexity index is 1030. The zero-order valence-corrected chi connectivity index (χ0v) is 16.2. The van der Waals surface area contributed by atoms with Crippen LogP contribution in [-0.2, 0) is 25.8 Å². The summed E-state index contributed by atoms with van der Waals surface area (Å²) in [6, 6.07) is 14.4. The van der Waals surface area contributed by atoms with Crippen LogP contribution in [-0.4, -0.2) is 33.3 Å². The van der Waals surface area contributed by atoms with Gasteiger partial charge in [-0.15, -0.1) is 0 Å². The van der Waals surface area contributed by atoms with E-state index in [1.807, 2.05) is 0 Å². The molecule has 1 atom stereocenters. The van der Waals surface area contributed by atoms with Gasteiger partial charge in [-0.1, -0.05) is 18.2 Å². The van der Waals surface area contributed by atoms with E-state index in [0.717, 1.165) is 0 Å². The summed E-state index contributed by atoms with van der Waals surface area (Å²) in [5.74, 6) is -0.930. The van der Waals surface area contributed by atoms with E-state index < -0.39 is 26.9 Å². The van der Waals surface area contributed by atoms with Gasteiger partial charge in [0.1, 0.15) is 16.8 Å². The number of furan rings is 2. The number of benzene rings is 1. The summed E-state index contributed by atoms with van der Waals surface area (Å²) < 4.78 is 36.4. The van der Waals surface area contributed by atoms with Crippen molar-refractivity contribution in [3.05, 3.63) is 78.6 Å². The summed E-state index contributed by atoms with van der Waals surface area (Å²) in [5.41, 5.74) is 0. The van der Waals surface area contributed by atoms with Gasteiger partial charge in [0.25, 0.3) is 0 Å². The number of carbonyl (C=O) groups is 2. The molecule has 0 spiro atoms. The molecule has 0 saturated carbocycles. The number of nitrogens with one attached hydrogen (secondary N) is 2. The van der Waals surface area contributed by atoms with Crippen LogP contribution in [0.4, 0.5) is 0 Å². The fraction of sp³-hybridized carbons (Fsp3) is 0.200. The van der Waals surface area contributed by atoms with Crippen LogP contribution in [0.2, 0.25) is 0 Å². The van der Waals surface area contributed by atoms with E-state index in [4.69, 9.17) is 8.83 Å². The molecular formula is C20H20N2O6S. The number of sulfone groups is 1. The fourth-order valence-electron chi connectivity index (χ4n) is 2.71. The minimum absolute atomic E-state index is 0.0959. The Morgan fingerprint density at radius 2 is 1.55 bits per heavy atom. The first-order valence-corrected chi connectivity index (χ1v) is 10.4. The lowest BCUT2D eigenvalue weighted by Crippen LogP contribution is -2.42. The molecule has 0 aliphatic carbocycles. The van der Waals surface area contributed by atoms with Crippen LogP contribution in [0.25, 0.3) is 0 Å². The summed E-state index contributed by atoms with van der Waals surface area (Å²) in [6.45, 7) is -0.0983. The maximum atomic E-state index is 13.0. The molecule has 29 heavy (non-hydrogen) atoms. The zero-order valence-electron chi connectivity index (χ0n) is 15.4. The van der Waals surface area contributed by atoms with Crippen LogP contribution in [0.5, 0.6) is 0 Å². The van der Waals surface area contributed by atoms with Crippen molar-refractivity contribution >= 4 is 21.7 Å². The Balaban J connectivity index is 1.63. The Labute approximate surface area is 167 Å². The first kappa shape index (κ1) is 20.4. The van der Waals surface area contributed by atoms with Crippen molar-refractivity contribution in [3.8, 4) is 0 Å². The minimum atomic E-state index is -3.84. The molecule has 2 aromatic heterocycles. The molecule has 0 fully saturated rings. The van der Waals surface area contributed by atoms with Gasteiger partial charge in [0.15, 0.2) is 9.84 Å². The predicted octanol–water partition coefficient (Wildman–Crippen LogP) is 1.86. The second-order valence-electron chi connectivity index (χ2n) is 6.16. The van der Waals surface area contributed by atoms with Crippen LogP contribution >= 0.6 is 0 Å². The molecule has 1 aromatic carbocycles. The summed E-state index contributed by atoms with van der Waals surface area (Å²) in [7, 11) is -3.84. The van der Waals surface area contributed by atoms with E-state index >= 15 is 0 Å². The third-order valence-electron chi connectivity index (χ3n) is 4.20. The van der Waals surface area contributed by atoms with Gasteiger partial charge in [0, 0.05) is 19.5 Å². The first-order valence-electron chi connectivity index (χ1n) is 8.89. The fourth-order valence-corrected chi connectivity index (χ4v) is 4.32. The summed E-state index contributed by atoms with van der Waals surface area (Å²) in [4.78, 5) is 24.2. The third-order valence-corrected chi connectivity index (χ3v) is 6.28. The number of hydrogen-bond acceptors (Lipinski definition) is 6. The van der Waals surface area contributed by atoms with Gasteiger partial charge >= 0.3 is 11.8 Å². The van der Waals surface area contributed by atoms with Crippen molar-refractivity contribution in [3.63, 3.8) is 0 Å². The van der Waals surface area contributed by atoms with Crippen molar-refractivity contribution in [2.75, 3.05) is 13.1 Å². The molecule has 2 heterocycles. The summed E-state index contributed by atoms with van der Waals surface area (Å²) in [6.07, 6.45) is 3.31. The quantitative estimate of drug-likeness (QED) is 0.541. The first-order chi connectivity index (χ1) is 14.0. The highest BCUT2D eigenvalue weighted by Crippen LogP contribution is 2.28. The van der Waals surface area contributed by atoms with Crippen molar-refractivity contribution in [1.29, 1.82) is 0 Å². The lowest BCUT2D eigenvalue weighted by Gasteiger charge is -2.16. The van der Waals surface area contributed by atoms with E-state index in [1.54, 1.807) is 36.4 Å². The number of hydrogen-bond donors (Lipinski definition) is 2. The smallest absolute Gasteiger partial charge is 0.309 e. The van der Waals surface area contributed by atoms with E-state index in [0.29, 0.717) is 12.2 Å². The molecule has 2 N–H and O–H groups in total. The predicted molar refractivity (Wildman–Crippen MR) is 104 cm³/mol. The normalized spacial score (nSPS) is 12.3. The van der Waals surface area contributed by atoms with Crippen molar-refractivity contribution in [2.45, 2.75) is 16.6 Å². The molecule has 3 aromatic rings. The second kappa shape index (κ2) is 9.24. The van der Waals surface area contributed by atoms with Gasteiger partial charge in [0.2, 0.25) is 0 Å². The molecule has 9 heteroatoms. The molecular weight excluding hydrogens is 396 g/mol. The Hall–Kier alpha value is -3.33. The topological polar surface area (TPSA) is 119 Å². The van der Waals surface area contributed by atoms with Crippen molar-refractivity contribution in [2.24, 2.45) is 0 Å². The van der Waals surface area contributed by atoms with Gasteiger partial charge in [-0.3, -0.25) is 9.59 Å². The molecule has 2 amide bonds. The molecule has 0 radical (unpaired) electrons. The van der Waals surface area contributed by atoms with E-state index in [9.17, 15) is 18.0 Å². The molecule has 0 unspecified atom stereocenters. The molecule has 3 rings (SSSR count). The van der Waals surface area contributed by atoms with Crippen molar-refractivity contribution < 1.29 is 26.8 Å². The highest BCUT2D eigenvalue weighted by Gasteiger charge is 2.32. The van der Waals surface area contributed by atoms with Gasteiger partial charge in [-0.2, -0.15) is 0 Å². The minimum Gasteiger partial charge on any atom is -0.469 e. The average molecular weight is 416 g/mol. The SMILES string of the molecule is O=C(NCCc1ccco1)C(=O)NC[C@H](c1ccco1)S(=O)(=O)c1ccccc1. The largest absolute Gasteiger partial charge is 0.469 e. The highest BCUT2D eigenvalue weighted by atomic mass is 32.2. The molecule has 0 bridgehead atoms. The Morgan fingerprint density at radius 1 is 0.862 bits per heavy atom.